The summed E-state index contributed by atoms with van der Waals surface area (Å²) < 4.78 is 8.71. The molecule has 0 saturated carbocycles. The third kappa shape index (κ3) is 2.53. The lowest BCUT2D eigenvalue weighted by Crippen LogP contribution is -2.07. The number of rotatable bonds is 4. The van der Waals surface area contributed by atoms with E-state index in [0.29, 0.717) is 36.0 Å². The Kier molecular flexibility index (Phi) is 3.35. The highest BCUT2D eigenvalue weighted by atomic mass is 17.2. The van der Waals surface area contributed by atoms with Crippen LogP contribution < -0.4 is 10.6 Å². The summed E-state index contributed by atoms with van der Waals surface area (Å²) in [6, 6.07) is 9.65. The van der Waals surface area contributed by atoms with E-state index in [1.807, 2.05) is 16.8 Å². The molecular formula is C19H15N7O3. The van der Waals surface area contributed by atoms with Crippen molar-refractivity contribution < 1.29 is 14.2 Å². The van der Waals surface area contributed by atoms with E-state index in [9.17, 15) is 0 Å². The topological polar surface area (TPSA) is 119 Å². The molecule has 29 heavy (non-hydrogen) atoms. The fourth-order valence-corrected chi connectivity index (χ4v) is 3.47. The Hall–Kier alpha value is -3.92. The number of hydrogen-bond donors (Lipinski definition) is 1. The molecule has 0 saturated heterocycles. The van der Waals surface area contributed by atoms with E-state index >= 15 is 0 Å². The number of anilines is 1. The van der Waals surface area contributed by atoms with Gasteiger partial charge < -0.3 is 15.0 Å². The predicted molar refractivity (Wildman–Crippen MR) is 102 cm³/mol. The van der Waals surface area contributed by atoms with Crippen molar-refractivity contribution in [1.82, 2.24) is 29.4 Å². The van der Waals surface area contributed by atoms with Crippen molar-refractivity contribution >= 4 is 22.6 Å². The van der Waals surface area contributed by atoms with Gasteiger partial charge >= 0.3 is 0 Å². The van der Waals surface area contributed by atoms with Crippen LogP contribution in [0.3, 0.4) is 0 Å². The number of nitrogens with zero attached hydrogens (tertiary/aromatic N) is 6. The van der Waals surface area contributed by atoms with Crippen LogP contribution in [0, 0.1) is 0 Å². The first-order chi connectivity index (χ1) is 14.3. The van der Waals surface area contributed by atoms with Gasteiger partial charge in [0.2, 0.25) is 11.8 Å². The number of furan rings is 1. The van der Waals surface area contributed by atoms with E-state index in [2.05, 4.69) is 26.2 Å². The monoisotopic (exact) mass is 389 g/mol. The van der Waals surface area contributed by atoms with Gasteiger partial charge in [0.25, 0.3) is 0 Å². The first kappa shape index (κ1) is 16.1. The van der Waals surface area contributed by atoms with Crippen LogP contribution >= 0.6 is 0 Å². The molecule has 4 aromatic heterocycles. The van der Waals surface area contributed by atoms with Gasteiger partial charge in [-0.05, 0) is 30.2 Å². The molecule has 1 aliphatic rings. The van der Waals surface area contributed by atoms with Crippen LogP contribution in [0.1, 0.15) is 11.1 Å². The maximum Gasteiger partial charge on any atom is 0.225 e. The Balaban J connectivity index is 1.36. The lowest BCUT2D eigenvalue weighted by molar-refractivity contribution is -0.194. The van der Waals surface area contributed by atoms with Crippen molar-refractivity contribution in [3.8, 4) is 17.3 Å². The third-order valence-corrected chi connectivity index (χ3v) is 4.95. The zero-order valence-electron chi connectivity index (χ0n) is 15.1. The molecule has 0 spiro atoms. The molecular weight excluding hydrogens is 374 g/mol. The van der Waals surface area contributed by atoms with Gasteiger partial charge in [0.15, 0.2) is 22.8 Å². The molecule has 10 nitrogen and oxygen atoms in total. The number of nitrogens with two attached hydrogens (primary N) is 1. The number of hydrogen-bond acceptors (Lipinski definition) is 8. The molecule has 0 amide bonds. The van der Waals surface area contributed by atoms with E-state index < -0.39 is 0 Å². The molecule has 1 aliphatic heterocycles. The molecule has 0 bridgehead atoms. The molecule has 2 N–H and O–H groups in total. The first-order valence-corrected chi connectivity index (χ1v) is 9.09. The van der Waals surface area contributed by atoms with Crippen LogP contribution in [-0.2, 0) is 24.5 Å². The molecule has 0 radical (unpaired) electrons. The van der Waals surface area contributed by atoms with E-state index in [1.54, 1.807) is 24.6 Å². The van der Waals surface area contributed by atoms with E-state index in [-0.39, 0.29) is 5.95 Å². The lowest BCUT2D eigenvalue weighted by Gasteiger charge is -2.05. The second kappa shape index (κ2) is 6.04. The fourth-order valence-electron chi connectivity index (χ4n) is 3.47. The Bertz CT molecular complexity index is 1350. The Morgan fingerprint density at radius 2 is 2.10 bits per heavy atom. The standard InChI is InChI=1S/C19H15N7O3/c20-19-23-17-13(18-22-16(24-26(18)19)14-2-1-7-27-14)9-21-25(17)6-5-11-3-4-12-10-28-29-15(12)8-11/h1-4,7-9H,5-6,10H2,(H2,20,23). The normalized spacial score (nSPS) is 13.2. The van der Waals surface area contributed by atoms with Crippen LogP contribution in [0.4, 0.5) is 5.95 Å². The maximum absolute atomic E-state index is 6.13. The minimum Gasteiger partial charge on any atom is -0.461 e. The van der Waals surface area contributed by atoms with Crippen molar-refractivity contribution in [3.63, 3.8) is 0 Å². The smallest absolute Gasteiger partial charge is 0.225 e. The number of aryl methyl sites for hydroxylation is 2. The third-order valence-electron chi connectivity index (χ3n) is 4.95. The average Bonchev–Trinajstić information content (AvgIpc) is 3.51. The quantitative estimate of drug-likeness (QED) is 0.466. The number of fused-ring (bicyclic) bond motifs is 4. The first-order valence-electron chi connectivity index (χ1n) is 9.09. The van der Waals surface area contributed by atoms with Crippen molar-refractivity contribution in [1.29, 1.82) is 0 Å². The Labute approximate surface area is 163 Å². The predicted octanol–water partition coefficient (Wildman–Crippen LogP) is 2.38. The summed E-state index contributed by atoms with van der Waals surface area (Å²) in [6.45, 7) is 1.11. The minimum absolute atomic E-state index is 0.239. The van der Waals surface area contributed by atoms with Gasteiger partial charge in [-0.15, -0.1) is 5.10 Å². The number of aromatic nitrogens is 6. The van der Waals surface area contributed by atoms with Gasteiger partial charge in [-0.2, -0.15) is 19.5 Å². The molecule has 5 aromatic rings. The highest BCUT2D eigenvalue weighted by Gasteiger charge is 2.18. The number of benzene rings is 1. The van der Waals surface area contributed by atoms with Gasteiger partial charge in [0, 0.05) is 12.1 Å². The second-order valence-electron chi connectivity index (χ2n) is 6.76. The van der Waals surface area contributed by atoms with E-state index in [4.69, 9.17) is 19.9 Å². The van der Waals surface area contributed by atoms with Crippen molar-refractivity contribution in [3.05, 3.63) is 53.9 Å². The SMILES string of the molecule is Nc1nc2c(cnn2CCc2ccc3c(c2)OOC3)c2nc(-c3ccco3)nn12. The van der Waals surface area contributed by atoms with Crippen molar-refractivity contribution in [2.45, 2.75) is 19.6 Å². The van der Waals surface area contributed by atoms with Gasteiger partial charge in [-0.1, -0.05) is 12.1 Å². The summed E-state index contributed by atoms with van der Waals surface area (Å²) in [7, 11) is 0. The van der Waals surface area contributed by atoms with Gasteiger partial charge in [0.05, 0.1) is 17.8 Å². The van der Waals surface area contributed by atoms with Crippen LogP contribution in [0.15, 0.2) is 47.2 Å². The molecule has 1 aromatic carbocycles. The van der Waals surface area contributed by atoms with E-state index in [1.165, 1.54) is 4.52 Å². The number of nitrogen functional groups attached to an aromatic ring is 1. The average molecular weight is 389 g/mol. The lowest BCUT2D eigenvalue weighted by atomic mass is 10.1. The minimum atomic E-state index is 0.239. The largest absolute Gasteiger partial charge is 0.461 e. The highest BCUT2D eigenvalue weighted by Crippen LogP contribution is 2.28. The summed E-state index contributed by atoms with van der Waals surface area (Å²) >= 11 is 0. The molecule has 0 aliphatic carbocycles. The summed E-state index contributed by atoms with van der Waals surface area (Å²) in [6.07, 6.45) is 4.06. The fraction of sp³-hybridized carbons (Fsp3) is 0.158. The molecule has 144 valence electrons. The molecule has 0 fully saturated rings. The van der Waals surface area contributed by atoms with Crippen LogP contribution in [-0.4, -0.2) is 29.4 Å². The highest BCUT2D eigenvalue weighted by molar-refractivity contribution is 5.90. The molecule has 10 heteroatoms. The molecule has 5 heterocycles. The zero-order valence-corrected chi connectivity index (χ0v) is 15.1. The molecule has 0 unspecified atom stereocenters. The van der Waals surface area contributed by atoms with Gasteiger partial charge in [-0.25, -0.2) is 9.67 Å². The summed E-state index contributed by atoms with van der Waals surface area (Å²) in [4.78, 5) is 19.2. The zero-order chi connectivity index (χ0) is 19.4. The van der Waals surface area contributed by atoms with Crippen molar-refractivity contribution in [2.24, 2.45) is 0 Å². The second-order valence-corrected chi connectivity index (χ2v) is 6.76. The summed E-state index contributed by atoms with van der Waals surface area (Å²) in [5.74, 6) is 2.02. The van der Waals surface area contributed by atoms with E-state index in [0.717, 1.165) is 28.7 Å². The van der Waals surface area contributed by atoms with Crippen LogP contribution in [0.5, 0.6) is 5.75 Å². The van der Waals surface area contributed by atoms with Crippen molar-refractivity contribution in [2.75, 3.05) is 5.73 Å². The van der Waals surface area contributed by atoms with Gasteiger partial charge in [0.1, 0.15) is 6.61 Å². The van der Waals surface area contributed by atoms with Crippen LogP contribution in [0.25, 0.3) is 28.3 Å². The summed E-state index contributed by atoms with van der Waals surface area (Å²) in [5.41, 5.74) is 9.56. The Morgan fingerprint density at radius 1 is 1.14 bits per heavy atom. The summed E-state index contributed by atoms with van der Waals surface area (Å²) in [5, 5.41) is 9.66. The Morgan fingerprint density at radius 3 is 3.00 bits per heavy atom. The molecule has 6 rings (SSSR count). The molecule has 0 atom stereocenters. The van der Waals surface area contributed by atoms with Gasteiger partial charge in [-0.3, -0.25) is 0 Å². The maximum atomic E-state index is 6.13. The van der Waals surface area contributed by atoms with Crippen LogP contribution in [0.2, 0.25) is 0 Å².